The van der Waals surface area contributed by atoms with Crippen LogP contribution in [0.5, 0.6) is 0 Å². The second kappa shape index (κ2) is 1.50. The van der Waals surface area contributed by atoms with Crippen LogP contribution in [0.4, 0.5) is 0 Å². The van der Waals surface area contributed by atoms with Gasteiger partial charge in [0.25, 0.3) is 0 Å². The van der Waals surface area contributed by atoms with Crippen molar-refractivity contribution in [3.63, 3.8) is 0 Å². The Bertz CT molecular complexity index is 178. The van der Waals surface area contributed by atoms with Crippen molar-refractivity contribution >= 4 is 0 Å². The standard InChI is InChI=1S/C9H14O2/c10-8-2-6-1-7(4-8)5-9(8,11)3-6/h6-7,10-11H,1-5H2. The first-order valence-corrected chi connectivity index (χ1v) is 4.56. The van der Waals surface area contributed by atoms with Crippen molar-refractivity contribution in [3.05, 3.63) is 0 Å². The highest BCUT2D eigenvalue weighted by Crippen LogP contribution is 2.62. The SMILES string of the molecule is OC12CC3CC(C1)CC2(O)C3. The molecule has 0 heterocycles. The number of hydrogen-bond acceptors (Lipinski definition) is 2. The summed E-state index contributed by atoms with van der Waals surface area (Å²) in [6.07, 6.45) is 4.70. The van der Waals surface area contributed by atoms with Gasteiger partial charge in [0.05, 0.1) is 11.2 Å². The maximum atomic E-state index is 10.0. The molecule has 0 atom stereocenters. The number of aliphatic hydroxyl groups is 2. The fourth-order valence-corrected chi connectivity index (χ4v) is 3.79. The summed E-state index contributed by atoms with van der Waals surface area (Å²) in [6, 6.07) is 0. The molecule has 0 saturated heterocycles. The molecule has 0 aromatic carbocycles. The minimum Gasteiger partial charge on any atom is -0.387 e. The summed E-state index contributed by atoms with van der Waals surface area (Å²) < 4.78 is 0. The van der Waals surface area contributed by atoms with Gasteiger partial charge in [-0.25, -0.2) is 0 Å². The van der Waals surface area contributed by atoms with Crippen molar-refractivity contribution < 1.29 is 10.2 Å². The summed E-state index contributed by atoms with van der Waals surface area (Å²) in [5, 5.41) is 20.1. The van der Waals surface area contributed by atoms with Gasteiger partial charge in [0.15, 0.2) is 0 Å². The normalized spacial score (nSPS) is 66.0. The molecule has 0 amide bonds. The lowest BCUT2D eigenvalue weighted by atomic mass is 9.81. The van der Waals surface area contributed by atoms with Crippen LogP contribution in [-0.2, 0) is 0 Å². The first-order valence-electron chi connectivity index (χ1n) is 4.56. The molecule has 62 valence electrons. The van der Waals surface area contributed by atoms with E-state index in [-0.39, 0.29) is 0 Å². The number of hydrogen-bond donors (Lipinski definition) is 2. The maximum Gasteiger partial charge on any atom is 0.0938 e. The first-order chi connectivity index (χ1) is 5.11. The summed E-state index contributed by atoms with van der Waals surface area (Å²) in [5.41, 5.74) is -1.36. The highest BCUT2D eigenvalue weighted by molar-refractivity contribution is 5.17. The van der Waals surface area contributed by atoms with Gasteiger partial charge in [0.2, 0.25) is 0 Å². The lowest BCUT2D eigenvalue weighted by Crippen LogP contribution is -2.44. The molecule has 0 spiro atoms. The van der Waals surface area contributed by atoms with Crippen LogP contribution in [0.1, 0.15) is 32.1 Å². The Morgan fingerprint density at radius 3 is 1.45 bits per heavy atom. The molecule has 4 aliphatic rings. The van der Waals surface area contributed by atoms with Crippen LogP contribution in [0, 0.1) is 11.8 Å². The van der Waals surface area contributed by atoms with E-state index >= 15 is 0 Å². The summed E-state index contributed by atoms with van der Waals surface area (Å²) in [7, 11) is 0. The van der Waals surface area contributed by atoms with Crippen LogP contribution in [0.25, 0.3) is 0 Å². The van der Waals surface area contributed by atoms with Crippen LogP contribution in [0.2, 0.25) is 0 Å². The van der Waals surface area contributed by atoms with Crippen molar-refractivity contribution in [1.29, 1.82) is 0 Å². The van der Waals surface area contributed by atoms with E-state index < -0.39 is 11.2 Å². The van der Waals surface area contributed by atoms with E-state index in [9.17, 15) is 10.2 Å². The van der Waals surface area contributed by atoms with E-state index in [1.54, 1.807) is 0 Å². The van der Waals surface area contributed by atoms with E-state index in [1.165, 1.54) is 6.42 Å². The third kappa shape index (κ3) is 0.574. The fraction of sp³-hybridized carbons (Fsp3) is 1.00. The van der Waals surface area contributed by atoms with Crippen molar-refractivity contribution in [3.8, 4) is 0 Å². The van der Waals surface area contributed by atoms with Gasteiger partial charge in [-0.2, -0.15) is 0 Å². The van der Waals surface area contributed by atoms with Gasteiger partial charge in [-0.05, 0) is 43.9 Å². The van der Waals surface area contributed by atoms with Crippen molar-refractivity contribution in [1.82, 2.24) is 0 Å². The van der Waals surface area contributed by atoms with Crippen molar-refractivity contribution in [2.75, 3.05) is 0 Å². The van der Waals surface area contributed by atoms with Gasteiger partial charge >= 0.3 is 0 Å². The summed E-state index contributed by atoms with van der Waals surface area (Å²) >= 11 is 0. The molecule has 4 aliphatic carbocycles. The average molecular weight is 154 g/mol. The molecule has 11 heavy (non-hydrogen) atoms. The molecule has 2 nitrogen and oxygen atoms in total. The van der Waals surface area contributed by atoms with E-state index in [2.05, 4.69) is 0 Å². The maximum absolute atomic E-state index is 10.0. The van der Waals surface area contributed by atoms with Gasteiger partial charge in [0.1, 0.15) is 0 Å². The molecule has 0 radical (unpaired) electrons. The lowest BCUT2D eigenvalue weighted by molar-refractivity contribution is -0.107. The van der Waals surface area contributed by atoms with Gasteiger partial charge in [-0.15, -0.1) is 0 Å². The van der Waals surface area contributed by atoms with Crippen LogP contribution < -0.4 is 0 Å². The molecular formula is C9H14O2. The smallest absolute Gasteiger partial charge is 0.0938 e. The molecule has 4 saturated carbocycles. The Balaban J connectivity index is 2.10. The zero-order valence-electron chi connectivity index (χ0n) is 6.58. The molecule has 0 aliphatic heterocycles. The molecule has 4 fully saturated rings. The number of rotatable bonds is 0. The van der Waals surface area contributed by atoms with E-state index in [0.717, 1.165) is 25.7 Å². The van der Waals surface area contributed by atoms with Crippen molar-refractivity contribution in [2.45, 2.75) is 43.3 Å². The van der Waals surface area contributed by atoms with E-state index in [1.807, 2.05) is 0 Å². The molecular weight excluding hydrogens is 140 g/mol. The first kappa shape index (κ1) is 6.44. The van der Waals surface area contributed by atoms with E-state index in [0.29, 0.717) is 11.8 Å². The van der Waals surface area contributed by atoms with Gasteiger partial charge in [-0.1, -0.05) is 0 Å². The average Bonchev–Trinajstić information content (AvgIpc) is 2.07. The molecule has 0 unspecified atom stereocenters. The lowest BCUT2D eigenvalue weighted by Gasteiger charge is -2.30. The third-order valence-corrected chi connectivity index (χ3v) is 4.04. The third-order valence-electron chi connectivity index (χ3n) is 4.04. The molecule has 4 bridgehead atoms. The summed E-state index contributed by atoms with van der Waals surface area (Å²) in [6.45, 7) is 0. The highest BCUT2D eigenvalue weighted by atomic mass is 16.4. The Morgan fingerprint density at radius 2 is 1.18 bits per heavy atom. The quantitative estimate of drug-likeness (QED) is 0.538. The Labute approximate surface area is 66.2 Å². The second-order valence-electron chi connectivity index (χ2n) is 4.85. The van der Waals surface area contributed by atoms with Gasteiger partial charge in [0, 0.05) is 0 Å². The predicted octanol–water partition coefficient (Wildman–Crippen LogP) is 0.672. The molecule has 0 aromatic rings. The zero-order chi connectivity index (χ0) is 7.69. The largest absolute Gasteiger partial charge is 0.387 e. The van der Waals surface area contributed by atoms with Gasteiger partial charge in [-0.3, -0.25) is 0 Å². The molecule has 0 aromatic heterocycles. The predicted molar refractivity (Wildman–Crippen MR) is 40.0 cm³/mol. The van der Waals surface area contributed by atoms with Gasteiger partial charge < -0.3 is 10.2 Å². The van der Waals surface area contributed by atoms with E-state index in [4.69, 9.17) is 0 Å². The van der Waals surface area contributed by atoms with Crippen LogP contribution in [0.15, 0.2) is 0 Å². The second-order valence-corrected chi connectivity index (χ2v) is 4.85. The molecule has 2 heteroatoms. The molecule has 2 N–H and O–H groups in total. The van der Waals surface area contributed by atoms with Crippen LogP contribution >= 0.6 is 0 Å². The Hall–Kier alpha value is -0.0800. The highest BCUT2D eigenvalue weighted by Gasteiger charge is 2.65. The van der Waals surface area contributed by atoms with Crippen LogP contribution in [-0.4, -0.2) is 21.4 Å². The topological polar surface area (TPSA) is 40.5 Å². The van der Waals surface area contributed by atoms with Crippen molar-refractivity contribution in [2.24, 2.45) is 11.8 Å². The summed E-state index contributed by atoms with van der Waals surface area (Å²) in [4.78, 5) is 0. The Morgan fingerprint density at radius 1 is 0.818 bits per heavy atom. The zero-order valence-corrected chi connectivity index (χ0v) is 6.58. The minimum absolute atomic E-state index is 0.623. The van der Waals surface area contributed by atoms with Crippen LogP contribution in [0.3, 0.4) is 0 Å². The molecule has 4 rings (SSSR count). The minimum atomic E-state index is -0.680. The summed E-state index contributed by atoms with van der Waals surface area (Å²) in [5.74, 6) is 1.25. The fourth-order valence-electron chi connectivity index (χ4n) is 3.79. The monoisotopic (exact) mass is 154 g/mol. The Kier molecular flexibility index (Phi) is 0.879.